The molecule has 5 nitrogen and oxygen atoms in total. The molecule has 5 heteroatoms. The first-order chi connectivity index (χ1) is 7.67. The Bertz CT molecular complexity index is 486. The van der Waals surface area contributed by atoms with Crippen LogP contribution in [0.4, 0.5) is 0 Å². The van der Waals surface area contributed by atoms with Crippen molar-refractivity contribution in [2.75, 3.05) is 0 Å². The van der Waals surface area contributed by atoms with Gasteiger partial charge in [0.25, 0.3) is 0 Å². The highest BCUT2D eigenvalue weighted by atomic mass is 16.1. The van der Waals surface area contributed by atoms with Gasteiger partial charge in [0.1, 0.15) is 6.04 Å². The Hall–Kier alpha value is -2.66. The molecule has 0 amide bonds. The Morgan fingerprint density at radius 3 is 2.69 bits per heavy atom. The summed E-state index contributed by atoms with van der Waals surface area (Å²) in [6.07, 6.45) is 5.84. The fourth-order valence-electron chi connectivity index (χ4n) is 1.05. The van der Waals surface area contributed by atoms with E-state index in [9.17, 15) is 9.59 Å². The molecule has 0 aromatic carbocycles. The molecule has 0 heterocycles. The highest BCUT2D eigenvalue weighted by Gasteiger charge is 2.15. The van der Waals surface area contributed by atoms with E-state index in [1.807, 2.05) is 6.07 Å². The predicted molar refractivity (Wildman–Crippen MR) is 54.5 cm³/mol. The fraction of sp³-hybridized carbons (Fsp3) is 0.0909. The third kappa shape index (κ3) is 2.93. The van der Waals surface area contributed by atoms with E-state index in [-0.39, 0.29) is 17.3 Å². The molecule has 78 valence electrons. The van der Waals surface area contributed by atoms with Gasteiger partial charge < -0.3 is 5.32 Å². The van der Waals surface area contributed by atoms with Crippen LogP contribution >= 0.6 is 0 Å². The van der Waals surface area contributed by atoms with Crippen LogP contribution in [0.3, 0.4) is 0 Å². The van der Waals surface area contributed by atoms with E-state index in [1.165, 1.54) is 6.08 Å². The molecule has 1 aliphatic carbocycles. The number of hydrogen-bond acceptors (Lipinski definition) is 5. The summed E-state index contributed by atoms with van der Waals surface area (Å²) in [5.74, 6) is -0.687. The Morgan fingerprint density at radius 2 is 2.06 bits per heavy atom. The molecule has 1 aliphatic rings. The average Bonchev–Trinajstić information content (AvgIpc) is 2.28. The molecular formula is C11H7N3O2. The number of carbonyl (C=O) groups is 2. The van der Waals surface area contributed by atoms with Crippen molar-refractivity contribution in [1.29, 1.82) is 10.5 Å². The normalized spacial score (nSPS) is 16.5. The Labute approximate surface area is 92.0 Å². The topological polar surface area (TPSA) is 93.8 Å². The molecule has 1 N–H and O–H groups in total. The van der Waals surface area contributed by atoms with Crippen LogP contribution in [-0.2, 0) is 9.59 Å². The van der Waals surface area contributed by atoms with Crippen molar-refractivity contribution in [1.82, 2.24) is 5.32 Å². The van der Waals surface area contributed by atoms with Crippen LogP contribution < -0.4 is 5.32 Å². The van der Waals surface area contributed by atoms with Crippen molar-refractivity contribution < 1.29 is 9.59 Å². The minimum Gasteiger partial charge on any atom is -0.363 e. The van der Waals surface area contributed by atoms with Crippen molar-refractivity contribution >= 4 is 11.6 Å². The van der Waals surface area contributed by atoms with E-state index in [2.05, 4.69) is 5.32 Å². The van der Waals surface area contributed by atoms with E-state index >= 15 is 0 Å². The highest BCUT2D eigenvalue weighted by molar-refractivity contribution is 6.17. The number of nitrogens with zero attached hydrogens (tertiary/aromatic N) is 2. The zero-order valence-corrected chi connectivity index (χ0v) is 8.18. The van der Waals surface area contributed by atoms with Gasteiger partial charge in [-0.2, -0.15) is 10.5 Å². The lowest BCUT2D eigenvalue weighted by Gasteiger charge is -2.11. The van der Waals surface area contributed by atoms with Crippen LogP contribution in [0.1, 0.15) is 0 Å². The maximum Gasteiger partial charge on any atom is 0.201 e. The van der Waals surface area contributed by atoms with Crippen molar-refractivity contribution in [3.05, 3.63) is 36.1 Å². The number of nitrogens with one attached hydrogen (secondary N) is 1. The zero-order valence-electron chi connectivity index (χ0n) is 8.18. The smallest absolute Gasteiger partial charge is 0.201 e. The van der Waals surface area contributed by atoms with Gasteiger partial charge in [0.05, 0.1) is 17.8 Å². The molecule has 0 saturated heterocycles. The third-order valence-electron chi connectivity index (χ3n) is 1.76. The summed E-state index contributed by atoms with van der Waals surface area (Å²) in [4.78, 5) is 22.3. The Balaban J connectivity index is 2.77. The van der Waals surface area contributed by atoms with Crippen LogP contribution in [0.2, 0.25) is 0 Å². The van der Waals surface area contributed by atoms with Crippen LogP contribution in [0.15, 0.2) is 36.1 Å². The number of nitriles is 2. The van der Waals surface area contributed by atoms with Crippen LogP contribution in [0.5, 0.6) is 0 Å². The summed E-state index contributed by atoms with van der Waals surface area (Å²) in [7, 11) is 0. The molecule has 16 heavy (non-hydrogen) atoms. The molecule has 1 unspecified atom stereocenters. The number of rotatable bonds is 3. The van der Waals surface area contributed by atoms with Gasteiger partial charge in [-0.3, -0.25) is 9.59 Å². The fourth-order valence-corrected chi connectivity index (χ4v) is 1.05. The summed E-state index contributed by atoms with van der Waals surface area (Å²) in [5.41, 5.74) is 0.0571. The van der Waals surface area contributed by atoms with Crippen molar-refractivity contribution in [3.8, 4) is 12.1 Å². The van der Waals surface area contributed by atoms with Gasteiger partial charge in [-0.15, -0.1) is 0 Å². The first-order valence-corrected chi connectivity index (χ1v) is 4.38. The minimum absolute atomic E-state index is 0.0571. The SMILES string of the molecule is N#CC=CC(C#N)NC1=CC(=O)C=CC1=O. The van der Waals surface area contributed by atoms with Crippen molar-refractivity contribution in [2.45, 2.75) is 6.04 Å². The summed E-state index contributed by atoms with van der Waals surface area (Å²) in [5, 5.41) is 19.6. The first-order valence-electron chi connectivity index (χ1n) is 4.38. The molecule has 1 atom stereocenters. The van der Waals surface area contributed by atoms with E-state index in [4.69, 9.17) is 10.5 Å². The van der Waals surface area contributed by atoms with E-state index in [1.54, 1.807) is 6.07 Å². The van der Waals surface area contributed by atoms with Gasteiger partial charge in [-0.25, -0.2) is 0 Å². The molecular weight excluding hydrogens is 206 g/mol. The quantitative estimate of drug-likeness (QED) is 0.531. The van der Waals surface area contributed by atoms with Crippen LogP contribution in [0.25, 0.3) is 0 Å². The molecule has 0 aromatic heterocycles. The maximum absolute atomic E-state index is 11.3. The van der Waals surface area contributed by atoms with Gasteiger partial charge in [-0.05, 0) is 18.2 Å². The Morgan fingerprint density at radius 1 is 1.31 bits per heavy atom. The molecule has 0 spiro atoms. The number of allylic oxidation sites excluding steroid dienone is 4. The second-order valence-electron chi connectivity index (χ2n) is 2.90. The molecule has 0 saturated carbocycles. The third-order valence-corrected chi connectivity index (χ3v) is 1.76. The average molecular weight is 213 g/mol. The summed E-state index contributed by atoms with van der Waals surface area (Å²) in [6, 6.07) is 2.76. The lowest BCUT2D eigenvalue weighted by atomic mass is 10.1. The molecule has 0 radical (unpaired) electrons. The second-order valence-corrected chi connectivity index (χ2v) is 2.90. The van der Waals surface area contributed by atoms with E-state index < -0.39 is 6.04 Å². The van der Waals surface area contributed by atoms with Gasteiger partial charge in [-0.1, -0.05) is 0 Å². The van der Waals surface area contributed by atoms with Crippen LogP contribution in [-0.4, -0.2) is 17.6 Å². The van der Waals surface area contributed by atoms with Gasteiger partial charge in [0.2, 0.25) is 5.78 Å². The van der Waals surface area contributed by atoms with E-state index in [0.717, 1.165) is 24.3 Å². The number of carbonyl (C=O) groups excluding carboxylic acids is 2. The molecule has 0 aromatic rings. The van der Waals surface area contributed by atoms with Crippen LogP contribution in [0, 0.1) is 22.7 Å². The van der Waals surface area contributed by atoms with Crippen molar-refractivity contribution in [3.63, 3.8) is 0 Å². The number of ketones is 2. The maximum atomic E-state index is 11.3. The largest absolute Gasteiger partial charge is 0.363 e. The minimum atomic E-state index is -0.811. The van der Waals surface area contributed by atoms with E-state index in [0.29, 0.717) is 0 Å². The Kier molecular flexibility index (Phi) is 3.77. The second kappa shape index (κ2) is 5.28. The van der Waals surface area contributed by atoms with Crippen molar-refractivity contribution in [2.24, 2.45) is 0 Å². The molecule has 0 aliphatic heterocycles. The summed E-state index contributed by atoms with van der Waals surface area (Å²) < 4.78 is 0. The highest BCUT2D eigenvalue weighted by Crippen LogP contribution is 2.03. The summed E-state index contributed by atoms with van der Waals surface area (Å²) >= 11 is 0. The van der Waals surface area contributed by atoms with Gasteiger partial charge in [0.15, 0.2) is 5.78 Å². The zero-order chi connectivity index (χ0) is 12.0. The monoisotopic (exact) mass is 213 g/mol. The first kappa shape index (κ1) is 11.4. The van der Waals surface area contributed by atoms with Gasteiger partial charge in [0, 0.05) is 12.2 Å². The molecule has 1 rings (SSSR count). The molecule has 0 fully saturated rings. The lowest BCUT2D eigenvalue weighted by Crippen LogP contribution is -2.30. The number of hydrogen-bond donors (Lipinski definition) is 1. The lowest BCUT2D eigenvalue weighted by molar-refractivity contribution is -0.114. The van der Waals surface area contributed by atoms with Gasteiger partial charge >= 0.3 is 0 Å². The standard InChI is InChI=1S/C11H7N3O2/c12-5-1-2-8(7-13)14-10-6-9(15)3-4-11(10)16/h1-4,6,8,14H. The summed E-state index contributed by atoms with van der Waals surface area (Å²) in [6.45, 7) is 0. The predicted octanol–water partition coefficient (Wildman–Crippen LogP) is 0.140. The molecule has 0 bridgehead atoms.